The van der Waals surface area contributed by atoms with E-state index >= 15 is 0 Å². The smallest absolute Gasteiger partial charge is 0.265 e. The van der Waals surface area contributed by atoms with Crippen LogP contribution in [-0.2, 0) is 10.0 Å². The minimum absolute atomic E-state index is 0.329. The monoisotopic (exact) mass is 349 g/mol. The Morgan fingerprint density at radius 2 is 1.87 bits per heavy atom. The number of sulfonamides is 1. The average molecular weight is 350 g/mol. The Morgan fingerprint density at radius 3 is 2.52 bits per heavy atom. The first-order chi connectivity index (χ1) is 10.8. The molecule has 0 atom stereocenters. The third kappa shape index (κ3) is 4.94. The second-order valence-corrected chi connectivity index (χ2v) is 7.16. The average Bonchev–Trinajstić information content (AvgIpc) is 2.44. The molecular formula is C17H16ClNO3S. The zero-order valence-electron chi connectivity index (χ0n) is 12.7. The van der Waals surface area contributed by atoms with Crippen molar-refractivity contribution in [3.63, 3.8) is 0 Å². The quantitative estimate of drug-likeness (QED) is 0.915. The molecule has 1 N–H and O–H groups in total. The normalized spacial score (nSPS) is 11.6. The van der Waals surface area contributed by atoms with Gasteiger partial charge in [-0.15, -0.1) is 0 Å². The van der Waals surface area contributed by atoms with E-state index in [1.54, 1.807) is 43.3 Å². The molecule has 120 valence electrons. The minimum Gasteiger partial charge on any atom is -0.268 e. The molecule has 0 heterocycles. The van der Waals surface area contributed by atoms with Gasteiger partial charge in [0.15, 0.2) is 0 Å². The number of carbonyl (C=O) groups is 1. The first kappa shape index (κ1) is 17.2. The molecule has 0 fully saturated rings. The Kier molecular flexibility index (Phi) is 5.23. The molecule has 0 unspecified atom stereocenters. The summed E-state index contributed by atoms with van der Waals surface area (Å²) in [6.45, 7) is 3.66. The molecule has 1 amide bonds. The van der Waals surface area contributed by atoms with Gasteiger partial charge in [-0.25, -0.2) is 13.1 Å². The van der Waals surface area contributed by atoms with Crippen LogP contribution in [0.5, 0.6) is 0 Å². The third-order valence-electron chi connectivity index (χ3n) is 3.15. The van der Waals surface area contributed by atoms with Gasteiger partial charge in [-0.05, 0) is 49.2 Å². The van der Waals surface area contributed by atoms with Gasteiger partial charge >= 0.3 is 0 Å². The largest absolute Gasteiger partial charge is 0.268 e. The molecule has 2 rings (SSSR count). The zero-order valence-corrected chi connectivity index (χ0v) is 14.3. The number of amides is 1. The first-order valence-electron chi connectivity index (χ1n) is 6.85. The predicted octanol–water partition coefficient (Wildman–Crippen LogP) is 3.69. The third-order valence-corrected chi connectivity index (χ3v) is 4.35. The van der Waals surface area contributed by atoms with Crippen molar-refractivity contribution in [2.45, 2.75) is 13.8 Å². The lowest BCUT2D eigenvalue weighted by Gasteiger charge is -2.07. The van der Waals surface area contributed by atoms with E-state index in [0.29, 0.717) is 16.1 Å². The maximum absolute atomic E-state index is 12.1. The van der Waals surface area contributed by atoms with Crippen molar-refractivity contribution in [1.82, 2.24) is 4.72 Å². The summed E-state index contributed by atoms with van der Waals surface area (Å²) in [7, 11) is -3.89. The summed E-state index contributed by atoms with van der Waals surface area (Å²) < 4.78 is 26.0. The minimum atomic E-state index is -3.89. The van der Waals surface area contributed by atoms with Crippen LogP contribution < -0.4 is 4.72 Å². The summed E-state index contributed by atoms with van der Waals surface area (Å²) in [6, 6.07) is 11.9. The van der Waals surface area contributed by atoms with E-state index in [4.69, 9.17) is 11.6 Å². The van der Waals surface area contributed by atoms with E-state index in [2.05, 4.69) is 0 Å². The van der Waals surface area contributed by atoms with Crippen LogP contribution in [-0.4, -0.2) is 14.3 Å². The van der Waals surface area contributed by atoms with Crippen LogP contribution in [0.1, 0.15) is 27.0 Å². The summed E-state index contributed by atoms with van der Waals surface area (Å²) in [5.74, 6) is -0.654. The van der Waals surface area contributed by atoms with Crippen LogP contribution in [0.25, 0.3) is 6.08 Å². The Morgan fingerprint density at radius 1 is 1.13 bits per heavy atom. The van der Waals surface area contributed by atoms with Gasteiger partial charge in [0.2, 0.25) is 0 Å². The summed E-state index contributed by atoms with van der Waals surface area (Å²) in [6.07, 6.45) is 1.38. The number of benzene rings is 2. The highest BCUT2D eigenvalue weighted by atomic mass is 35.5. The van der Waals surface area contributed by atoms with Crippen LogP contribution in [0.3, 0.4) is 0 Å². The van der Waals surface area contributed by atoms with E-state index in [1.165, 1.54) is 6.08 Å². The SMILES string of the molecule is Cc1ccc(C(=O)NS(=O)(=O)C=Cc2cccc(Cl)c2)c(C)c1. The molecule has 0 radical (unpaired) electrons. The highest BCUT2D eigenvalue weighted by Gasteiger charge is 2.15. The van der Waals surface area contributed by atoms with Gasteiger partial charge in [-0.1, -0.05) is 41.4 Å². The molecule has 6 heteroatoms. The van der Waals surface area contributed by atoms with Gasteiger partial charge in [0.25, 0.3) is 15.9 Å². The van der Waals surface area contributed by atoms with Crippen molar-refractivity contribution in [2.24, 2.45) is 0 Å². The second-order valence-electron chi connectivity index (χ2n) is 5.15. The van der Waals surface area contributed by atoms with E-state index in [1.807, 2.05) is 17.7 Å². The molecule has 0 saturated carbocycles. The van der Waals surface area contributed by atoms with Crippen molar-refractivity contribution in [2.75, 3.05) is 0 Å². The van der Waals surface area contributed by atoms with Gasteiger partial charge < -0.3 is 0 Å². The molecule has 0 spiro atoms. The predicted molar refractivity (Wildman–Crippen MR) is 92.8 cm³/mol. The molecular weight excluding hydrogens is 334 g/mol. The van der Waals surface area contributed by atoms with Crippen LogP contribution in [0.15, 0.2) is 47.9 Å². The Labute approximate surface area is 140 Å². The standard InChI is InChI=1S/C17H16ClNO3S/c1-12-6-7-16(13(2)10-12)17(20)19-23(21,22)9-8-14-4-3-5-15(18)11-14/h3-11H,1-2H3,(H,19,20). The maximum atomic E-state index is 12.1. The lowest BCUT2D eigenvalue weighted by atomic mass is 10.1. The van der Waals surface area contributed by atoms with Crippen molar-refractivity contribution in [3.8, 4) is 0 Å². The molecule has 2 aromatic rings. The maximum Gasteiger partial charge on any atom is 0.265 e. The number of carbonyl (C=O) groups excluding carboxylic acids is 1. The van der Waals surface area contributed by atoms with Gasteiger partial charge in [0.1, 0.15) is 0 Å². The number of hydrogen-bond donors (Lipinski definition) is 1. The molecule has 0 aliphatic rings. The lowest BCUT2D eigenvalue weighted by Crippen LogP contribution is -2.29. The van der Waals surface area contributed by atoms with Crippen LogP contribution >= 0.6 is 11.6 Å². The molecule has 0 saturated heterocycles. The molecule has 0 aliphatic carbocycles. The van der Waals surface area contributed by atoms with E-state index in [-0.39, 0.29) is 0 Å². The lowest BCUT2D eigenvalue weighted by molar-refractivity contribution is 0.0981. The van der Waals surface area contributed by atoms with E-state index in [0.717, 1.165) is 16.5 Å². The number of halogens is 1. The second kappa shape index (κ2) is 6.98. The van der Waals surface area contributed by atoms with E-state index in [9.17, 15) is 13.2 Å². The van der Waals surface area contributed by atoms with Crippen LogP contribution in [0.4, 0.5) is 0 Å². The highest BCUT2D eigenvalue weighted by Crippen LogP contribution is 2.13. The number of nitrogens with one attached hydrogen (secondary N) is 1. The van der Waals surface area contributed by atoms with Gasteiger partial charge in [0, 0.05) is 10.6 Å². The highest BCUT2D eigenvalue weighted by molar-refractivity contribution is 7.93. The molecule has 4 nitrogen and oxygen atoms in total. The summed E-state index contributed by atoms with van der Waals surface area (Å²) >= 11 is 5.84. The summed E-state index contributed by atoms with van der Waals surface area (Å²) in [4.78, 5) is 12.1. The first-order valence-corrected chi connectivity index (χ1v) is 8.77. The Hall–Kier alpha value is -2.11. The van der Waals surface area contributed by atoms with Crippen molar-refractivity contribution in [1.29, 1.82) is 0 Å². The van der Waals surface area contributed by atoms with Gasteiger partial charge in [0.05, 0.1) is 5.41 Å². The fourth-order valence-corrected chi connectivity index (χ4v) is 3.04. The topological polar surface area (TPSA) is 63.2 Å². The number of rotatable bonds is 4. The molecule has 0 aromatic heterocycles. The summed E-state index contributed by atoms with van der Waals surface area (Å²) in [5, 5.41) is 1.45. The molecule has 2 aromatic carbocycles. The number of aryl methyl sites for hydroxylation is 2. The fourth-order valence-electron chi connectivity index (χ4n) is 2.06. The van der Waals surface area contributed by atoms with E-state index < -0.39 is 15.9 Å². The molecule has 0 aliphatic heterocycles. The van der Waals surface area contributed by atoms with Gasteiger partial charge in [-0.3, -0.25) is 4.79 Å². The zero-order chi connectivity index (χ0) is 17.0. The molecule has 0 bridgehead atoms. The van der Waals surface area contributed by atoms with Gasteiger partial charge in [-0.2, -0.15) is 0 Å². The molecule has 23 heavy (non-hydrogen) atoms. The Balaban J connectivity index is 2.16. The Bertz CT molecular complexity index is 873. The number of hydrogen-bond acceptors (Lipinski definition) is 3. The van der Waals surface area contributed by atoms with Crippen LogP contribution in [0, 0.1) is 13.8 Å². The van der Waals surface area contributed by atoms with Crippen molar-refractivity contribution < 1.29 is 13.2 Å². The van der Waals surface area contributed by atoms with Crippen LogP contribution in [0.2, 0.25) is 5.02 Å². The van der Waals surface area contributed by atoms with Crippen molar-refractivity contribution in [3.05, 3.63) is 75.1 Å². The fraction of sp³-hybridized carbons (Fsp3) is 0.118. The summed E-state index contributed by atoms with van der Waals surface area (Å²) in [5.41, 5.74) is 2.68. The van der Waals surface area contributed by atoms with Crippen molar-refractivity contribution >= 4 is 33.6 Å².